The van der Waals surface area contributed by atoms with Crippen molar-refractivity contribution in [2.45, 2.75) is 12.8 Å². The summed E-state index contributed by atoms with van der Waals surface area (Å²) in [6, 6.07) is 1.77. The number of aliphatic carboxylic acids is 1. The van der Waals surface area contributed by atoms with E-state index in [1.807, 2.05) is 4.90 Å². The Morgan fingerprint density at radius 3 is 3.06 bits per heavy atom. The SMILES string of the molecule is O=C(O)C1CCCN(c2ncc(Cl)cc2Br)C1. The lowest BCUT2D eigenvalue weighted by molar-refractivity contribution is -0.141. The van der Waals surface area contributed by atoms with E-state index in [9.17, 15) is 4.79 Å². The fourth-order valence-corrected chi connectivity index (χ4v) is 2.90. The van der Waals surface area contributed by atoms with Crippen LogP contribution in [0.1, 0.15) is 12.8 Å². The highest BCUT2D eigenvalue weighted by Crippen LogP contribution is 2.29. The smallest absolute Gasteiger partial charge is 0.308 e. The van der Waals surface area contributed by atoms with Crippen LogP contribution >= 0.6 is 27.5 Å². The fourth-order valence-electron chi connectivity index (χ4n) is 2.01. The first-order valence-corrected chi connectivity index (χ1v) is 6.54. The molecular formula is C11H12BrClN2O2. The van der Waals surface area contributed by atoms with Crippen LogP contribution in [0.4, 0.5) is 5.82 Å². The van der Waals surface area contributed by atoms with Gasteiger partial charge in [-0.1, -0.05) is 11.6 Å². The van der Waals surface area contributed by atoms with Crippen molar-refractivity contribution in [2.75, 3.05) is 18.0 Å². The third-order valence-corrected chi connectivity index (χ3v) is 3.65. The van der Waals surface area contributed by atoms with Crippen molar-refractivity contribution in [3.8, 4) is 0 Å². The van der Waals surface area contributed by atoms with Gasteiger partial charge in [-0.05, 0) is 34.8 Å². The van der Waals surface area contributed by atoms with E-state index < -0.39 is 5.97 Å². The molecule has 0 amide bonds. The van der Waals surface area contributed by atoms with E-state index in [1.165, 1.54) is 0 Å². The molecular weight excluding hydrogens is 307 g/mol. The van der Waals surface area contributed by atoms with Crippen LogP contribution < -0.4 is 4.90 Å². The van der Waals surface area contributed by atoms with E-state index in [0.717, 1.165) is 29.7 Å². The molecule has 0 spiro atoms. The van der Waals surface area contributed by atoms with Crippen molar-refractivity contribution in [1.29, 1.82) is 0 Å². The molecule has 1 aromatic heterocycles. The number of anilines is 1. The summed E-state index contributed by atoms with van der Waals surface area (Å²) >= 11 is 9.23. The Morgan fingerprint density at radius 1 is 1.65 bits per heavy atom. The molecule has 1 unspecified atom stereocenters. The third kappa shape index (κ3) is 2.90. The van der Waals surface area contributed by atoms with E-state index >= 15 is 0 Å². The lowest BCUT2D eigenvalue weighted by Gasteiger charge is -2.32. The van der Waals surface area contributed by atoms with Gasteiger partial charge in [0.05, 0.1) is 15.4 Å². The number of rotatable bonds is 2. The fraction of sp³-hybridized carbons (Fsp3) is 0.455. The second-order valence-corrected chi connectivity index (χ2v) is 5.37. The topological polar surface area (TPSA) is 53.4 Å². The second kappa shape index (κ2) is 5.23. The summed E-state index contributed by atoms with van der Waals surface area (Å²) < 4.78 is 0.802. The summed E-state index contributed by atoms with van der Waals surface area (Å²) in [7, 11) is 0. The molecule has 1 N–H and O–H groups in total. The molecule has 1 saturated heterocycles. The van der Waals surface area contributed by atoms with E-state index in [1.54, 1.807) is 12.3 Å². The molecule has 0 aromatic carbocycles. The van der Waals surface area contributed by atoms with Crippen LogP contribution in [0.15, 0.2) is 16.7 Å². The number of aromatic nitrogens is 1. The molecule has 1 atom stereocenters. The molecule has 6 heteroatoms. The van der Waals surface area contributed by atoms with Gasteiger partial charge in [0.15, 0.2) is 0 Å². The Labute approximate surface area is 113 Å². The Morgan fingerprint density at radius 2 is 2.41 bits per heavy atom. The lowest BCUT2D eigenvalue weighted by Crippen LogP contribution is -2.39. The van der Waals surface area contributed by atoms with Gasteiger partial charge >= 0.3 is 5.97 Å². The van der Waals surface area contributed by atoms with Crippen LogP contribution in [-0.4, -0.2) is 29.1 Å². The molecule has 0 bridgehead atoms. The summed E-state index contributed by atoms with van der Waals surface area (Å²) in [5, 5.41) is 9.60. The van der Waals surface area contributed by atoms with Crippen molar-refractivity contribution >= 4 is 39.3 Å². The van der Waals surface area contributed by atoms with Gasteiger partial charge in [0.1, 0.15) is 5.82 Å². The monoisotopic (exact) mass is 318 g/mol. The Balaban J connectivity index is 2.19. The first-order valence-electron chi connectivity index (χ1n) is 5.36. The maximum atomic E-state index is 11.0. The zero-order valence-electron chi connectivity index (χ0n) is 9.07. The molecule has 1 aliphatic heterocycles. The number of carbonyl (C=O) groups is 1. The number of carboxylic acids is 1. The highest BCUT2D eigenvalue weighted by molar-refractivity contribution is 9.10. The van der Waals surface area contributed by atoms with Gasteiger partial charge in [-0.2, -0.15) is 0 Å². The second-order valence-electron chi connectivity index (χ2n) is 4.08. The first-order chi connectivity index (χ1) is 8.08. The minimum Gasteiger partial charge on any atom is -0.481 e. The predicted octanol–water partition coefficient (Wildman–Crippen LogP) is 2.80. The average Bonchev–Trinajstić information content (AvgIpc) is 2.29. The largest absolute Gasteiger partial charge is 0.481 e. The Kier molecular flexibility index (Phi) is 3.89. The molecule has 1 aliphatic rings. The number of halogens is 2. The van der Waals surface area contributed by atoms with Crippen LogP contribution in [-0.2, 0) is 4.79 Å². The normalized spacial score (nSPS) is 20.4. The summed E-state index contributed by atoms with van der Waals surface area (Å²) in [6.45, 7) is 1.33. The summed E-state index contributed by atoms with van der Waals surface area (Å²) in [6.07, 6.45) is 3.18. The molecule has 17 heavy (non-hydrogen) atoms. The van der Waals surface area contributed by atoms with Gasteiger partial charge < -0.3 is 10.0 Å². The summed E-state index contributed by atoms with van der Waals surface area (Å²) in [5.41, 5.74) is 0. The van der Waals surface area contributed by atoms with Gasteiger partial charge in [-0.25, -0.2) is 4.98 Å². The molecule has 0 aliphatic carbocycles. The number of carboxylic acid groups (broad SMARTS) is 1. The van der Waals surface area contributed by atoms with Crippen LogP contribution in [0.2, 0.25) is 5.02 Å². The molecule has 0 radical (unpaired) electrons. The first kappa shape index (κ1) is 12.6. The van der Waals surface area contributed by atoms with Crippen molar-refractivity contribution in [1.82, 2.24) is 4.98 Å². The molecule has 0 saturated carbocycles. The molecule has 4 nitrogen and oxygen atoms in total. The average molecular weight is 320 g/mol. The lowest BCUT2D eigenvalue weighted by atomic mass is 9.98. The van der Waals surface area contributed by atoms with Gasteiger partial charge in [0, 0.05) is 19.3 Å². The number of nitrogens with zero attached hydrogens (tertiary/aromatic N) is 2. The van der Waals surface area contributed by atoms with Gasteiger partial charge in [0.25, 0.3) is 0 Å². The number of pyridine rings is 1. The van der Waals surface area contributed by atoms with Crippen molar-refractivity contribution in [3.05, 3.63) is 21.8 Å². The molecule has 1 aromatic rings. The highest BCUT2D eigenvalue weighted by Gasteiger charge is 2.26. The molecule has 92 valence electrons. The number of hydrogen-bond acceptors (Lipinski definition) is 3. The minimum absolute atomic E-state index is 0.312. The van der Waals surface area contributed by atoms with Crippen molar-refractivity contribution in [2.24, 2.45) is 5.92 Å². The predicted molar refractivity (Wildman–Crippen MR) is 69.5 cm³/mol. The van der Waals surface area contributed by atoms with E-state index in [-0.39, 0.29) is 5.92 Å². The molecule has 1 fully saturated rings. The van der Waals surface area contributed by atoms with E-state index in [0.29, 0.717) is 11.6 Å². The summed E-state index contributed by atoms with van der Waals surface area (Å²) in [4.78, 5) is 17.2. The molecule has 2 rings (SSSR count). The zero-order chi connectivity index (χ0) is 12.4. The van der Waals surface area contributed by atoms with Gasteiger partial charge in [0.2, 0.25) is 0 Å². The molecule has 2 heterocycles. The van der Waals surface area contributed by atoms with Crippen LogP contribution in [0.3, 0.4) is 0 Å². The maximum Gasteiger partial charge on any atom is 0.308 e. The van der Waals surface area contributed by atoms with E-state index in [4.69, 9.17) is 16.7 Å². The highest BCUT2D eigenvalue weighted by atomic mass is 79.9. The quantitative estimate of drug-likeness (QED) is 0.911. The standard InChI is InChI=1S/C11H12BrClN2O2/c12-9-4-8(13)5-14-10(9)15-3-1-2-7(6-15)11(16)17/h4-5,7H,1-3,6H2,(H,16,17). The Hall–Kier alpha value is -0.810. The van der Waals surface area contributed by atoms with Crippen LogP contribution in [0.5, 0.6) is 0 Å². The van der Waals surface area contributed by atoms with Crippen LogP contribution in [0, 0.1) is 5.92 Å². The summed E-state index contributed by atoms with van der Waals surface area (Å²) in [5.74, 6) is -0.284. The maximum absolute atomic E-state index is 11.0. The third-order valence-electron chi connectivity index (χ3n) is 2.86. The minimum atomic E-state index is -0.736. The van der Waals surface area contributed by atoms with Gasteiger partial charge in [-0.15, -0.1) is 0 Å². The van der Waals surface area contributed by atoms with E-state index in [2.05, 4.69) is 20.9 Å². The van der Waals surface area contributed by atoms with Crippen molar-refractivity contribution in [3.63, 3.8) is 0 Å². The number of piperidine rings is 1. The van der Waals surface area contributed by atoms with Gasteiger partial charge in [-0.3, -0.25) is 4.79 Å². The zero-order valence-corrected chi connectivity index (χ0v) is 11.4. The Bertz CT molecular complexity index is 441. The van der Waals surface area contributed by atoms with Crippen molar-refractivity contribution < 1.29 is 9.90 Å². The number of hydrogen-bond donors (Lipinski definition) is 1. The van der Waals surface area contributed by atoms with Crippen LogP contribution in [0.25, 0.3) is 0 Å².